The van der Waals surface area contributed by atoms with Crippen molar-refractivity contribution in [2.45, 2.75) is 19.1 Å². The molecule has 0 aliphatic rings. The molecule has 6 heteroatoms. The van der Waals surface area contributed by atoms with Crippen LogP contribution in [0.5, 0.6) is 11.5 Å². The number of hydrogen-bond donors (Lipinski definition) is 3. The van der Waals surface area contributed by atoms with Gasteiger partial charge in [-0.05, 0) is 24.7 Å². The lowest BCUT2D eigenvalue weighted by Gasteiger charge is -2.14. The zero-order valence-electron chi connectivity index (χ0n) is 11.0. The molecule has 3 N–H and O–H groups in total. The molecule has 0 spiro atoms. The van der Waals surface area contributed by atoms with E-state index in [1.54, 1.807) is 25.2 Å². The molecule has 6 nitrogen and oxygen atoms in total. The summed E-state index contributed by atoms with van der Waals surface area (Å²) in [7, 11) is 3.10. The first-order chi connectivity index (χ1) is 9.12. The van der Waals surface area contributed by atoms with Gasteiger partial charge in [-0.2, -0.15) is 0 Å². The van der Waals surface area contributed by atoms with E-state index in [0.29, 0.717) is 17.9 Å². The number of rotatable bonds is 8. The lowest BCUT2D eigenvalue weighted by molar-refractivity contribution is -0.139. The predicted molar refractivity (Wildman–Crippen MR) is 69.5 cm³/mol. The van der Waals surface area contributed by atoms with Crippen LogP contribution in [0, 0.1) is 0 Å². The maximum Gasteiger partial charge on any atom is 0.320 e. The fraction of sp³-hybridized carbons (Fsp3) is 0.462. The van der Waals surface area contributed by atoms with Gasteiger partial charge < -0.3 is 25.0 Å². The zero-order chi connectivity index (χ0) is 14.3. The summed E-state index contributed by atoms with van der Waals surface area (Å²) in [6.07, 6.45) is 0.344. The molecular formula is C13H19NO5. The third-order valence-electron chi connectivity index (χ3n) is 2.72. The largest absolute Gasteiger partial charge is 0.493 e. The highest BCUT2D eigenvalue weighted by Gasteiger charge is 2.15. The number of likely N-dealkylation sites (N-methyl/N-ethyl adjacent to an activating group) is 1. The molecule has 0 bridgehead atoms. The van der Waals surface area contributed by atoms with Gasteiger partial charge in [-0.1, -0.05) is 6.07 Å². The number of aliphatic hydroxyl groups excluding tert-OH is 1. The molecule has 0 saturated carbocycles. The van der Waals surface area contributed by atoms with E-state index in [1.807, 2.05) is 0 Å². The molecule has 1 aromatic carbocycles. The van der Waals surface area contributed by atoms with Crippen LogP contribution in [-0.2, 0) is 11.4 Å². The zero-order valence-corrected chi connectivity index (χ0v) is 11.0. The van der Waals surface area contributed by atoms with E-state index in [1.165, 1.54) is 7.11 Å². The smallest absolute Gasteiger partial charge is 0.320 e. The minimum absolute atomic E-state index is 0.0719. The Labute approximate surface area is 112 Å². The Morgan fingerprint density at radius 3 is 2.68 bits per heavy atom. The van der Waals surface area contributed by atoms with Crippen LogP contribution in [0.3, 0.4) is 0 Å². The fourth-order valence-corrected chi connectivity index (χ4v) is 1.61. The lowest BCUT2D eigenvalue weighted by Crippen LogP contribution is -2.35. The van der Waals surface area contributed by atoms with Crippen LogP contribution in [0.15, 0.2) is 18.2 Å². The average molecular weight is 269 g/mol. The quantitative estimate of drug-likeness (QED) is 0.641. The molecule has 0 saturated heterocycles. The Balaban J connectivity index is 2.60. The Bertz CT molecular complexity index is 421. The molecule has 0 aliphatic carbocycles. The molecule has 0 radical (unpaired) electrons. The molecule has 19 heavy (non-hydrogen) atoms. The van der Waals surface area contributed by atoms with E-state index in [2.05, 4.69) is 5.32 Å². The van der Waals surface area contributed by atoms with E-state index in [0.717, 1.165) is 5.56 Å². The van der Waals surface area contributed by atoms with E-state index < -0.39 is 12.0 Å². The first-order valence-corrected chi connectivity index (χ1v) is 5.93. The van der Waals surface area contributed by atoms with Gasteiger partial charge in [0.2, 0.25) is 0 Å². The van der Waals surface area contributed by atoms with Crippen molar-refractivity contribution >= 4 is 5.97 Å². The Kier molecular flexibility index (Phi) is 6.11. The molecular weight excluding hydrogens is 250 g/mol. The lowest BCUT2D eigenvalue weighted by atomic mass is 10.2. The highest BCUT2D eigenvalue weighted by atomic mass is 16.5. The third kappa shape index (κ3) is 4.42. The number of carboxylic acid groups (broad SMARTS) is 1. The van der Waals surface area contributed by atoms with Crippen molar-refractivity contribution in [1.82, 2.24) is 5.32 Å². The van der Waals surface area contributed by atoms with Gasteiger partial charge in [0, 0.05) is 6.42 Å². The molecule has 0 aliphatic heterocycles. The topological polar surface area (TPSA) is 88.0 Å². The van der Waals surface area contributed by atoms with Gasteiger partial charge in [0.05, 0.1) is 20.3 Å². The van der Waals surface area contributed by atoms with Gasteiger partial charge in [-0.3, -0.25) is 4.79 Å². The monoisotopic (exact) mass is 269 g/mol. The molecule has 1 rings (SSSR count). The maximum atomic E-state index is 10.8. The van der Waals surface area contributed by atoms with Crippen LogP contribution in [0.4, 0.5) is 0 Å². The molecule has 1 unspecified atom stereocenters. The second-order valence-electron chi connectivity index (χ2n) is 3.96. The van der Waals surface area contributed by atoms with Crippen molar-refractivity contribution in [2.24, 2.45) is 0 Å². The molecule has 0 amide bonds. The van der Waals surface area contributed by atoms with Crippen molar-refractivity contribution in [1.29, 1.82) is 0 Å². The van der Waals surface area contributed by atoms with Gasteiger partial charge in [0.1, 0.15) is 6.04 Å². The number of nitrogens with one attached hydrogen (secondary N) is 1. The second kappa shape index (κ2) is 7.60. The minimum atomic E-state index is -0.909. The van der Waals surface area contributed by atoms with Crippen molar-refractivity contribution in [2.75, 3.05) is 20.8 Å². The SMILES string of the molecule is CNC(CCOc1ccc(CO)cc1OC)C(=O)O. The number of aliphatic carboxylic acids is 1. The molecule has 106 valence electrons. The van der Waals surface area contributed by atoms with Crippen LogP contribution in [-0.4, -0.2) is 43.0 Å². The van der Waals surface area contributed by atoms with Gasteiger partial charge in [0.15, 0.2) is 11.5 Å². The standard InChI is InChI=1S/C13H19NO5/c1-14-10(13(16)17)5-6-19-11-4-3-9(8-15)7-12(11)18-2/h3-4,7,10,14-15H,5-6,8H2,1-2H3,(H,16,17). The van der Waals surface area contributed by atoms with Crippen LogP contribution in [0.2, 0.25) is 0 Å². The number of ether oxygens (including phenoxy) is 2. The van der Waals surface area contributed by atoms with E-state index in [9.17, 15) is 4.79 Å². The summed E-state index contributed by atoms with van der Waals surface area (Å²) in [5.74, 6) is 0.136. The summed E-state index contributed by atoms with van der Waals surface area (Å²) in [5.41, 5.74) is 0.725. The average Bonchev–Trinajstić information content (AvgIpc) is 2.43. The van der Waals surface area contributed by atoms with E-state index in [-0.39, 0.29) is 13.2 Å². The first kappa shape index (κ1) is 15.3. The van der Waals surface area contributed by atoms with Gasteiger partial charge >= 0.3 is 5.97 Å². The molecule has 1 atom stereocenters. The third-order valence-corrected chi connectivity index (χ3v) is 2.72. The summed E-state index contributed by atoms with van der Waals surface area (Å²) >= 11 is 0. The Morgan fingerprint density at radius 1 is 1.42 bits per heavy atom. The number of aliphatic hydroxyl groups is 1. The van der Waals surface area contributed by atoms with Crippen LogP contribution in [0.25, 0.3) is 0 Å². The molecule has 0 aromatic heterocycles. The second-order valence-corrected chi connectivity index (χ2v) is 3.96. The maximum absolute atomic E-state index is 10.8. The molecule has 1 aromatic rings. The van der Waals surface area contributed by atoms with Crippen molar-refractivity contribution in [3.05, 3.63) is 23.8 Å². The number of carbonyl (C=O) groups is 1. The summed E-state index contributed by atoms with van der Waals surface area (Å²) in [5, 5.41) is 20.6. The number of benzene rings is 1. The normalized spacial score (nSPS) is 11.9. The van der Waals surface area contributed by atoms with Gasteiger partial charge in [0.25, 0.3) is 0 Å². The van der Waals surface area contributed by atoms with Crippen LogP contribution in [0.1, 0.15) is 12.0 Å². The van der Waals surface area contributed by atoms with Crippen LogP contribution >= 0.6 is 0 Å². The summed E-state index contributed by atoms with van der Waals surface area (Å²) in [4.78, 5) is 10.8. The highest BCUT2D eigenvalue weighted by Crippen LogP contribution is 2.28. The molecule has 0 fully saturated rings. The number of hydrogen-bond acceptors (Lipinski definition) is 5. The predicted octanol–water partition coefficient (Wildman–Crippen LogP) is 0.629. The highest BCUT2D eigenvalue weighted by molar-refractivity contribution is 5.73. The first-order valence-electron chi connectivity index (χ1n) is 5.93. The summed E-state index contributed by atoms with van der Waals surface area (Å²) in [6.45, 7) is 0.185. The van der Waals surface area contributed by atoms with E-state index in [4.69, 9.17) is 19.7 Å². The minimum Gasteiger partial charge on any atom is -0.493 e. The molecule has 0 heterocycles. The Hall–Kier alpha value is -1.79. The van der Waals surface area contributed by atoms with Crippen molar-refractivity contribution in [3.8, 4) is 11.5 Å². The van der Waals surface area contributed by atoms with E-state index >= 15 is 0 Å². The van der Waals surface area contributed by atoms with Crippen LogP contribution < -0.4 is 14.8 Å². The van der Waals surface area contributed by atoms with Gasteiger partial charge in [-0.25, -0.2) is 0 Å². The summed E-state index contributed by atoms with van der Waals surface area (Å²) < 4.78 is 10.7. The number of carboxylic acids is 1. The number of methoxy groups -OCH3 is 1. The fourth-order valence-electron chi connectivity index (χ4n) is 1.61. The Morgan fingerprint density at radius 2 is 2.16 bits per heavy atom. The van der Waals surface area contributed by atoms with Gasteiger partial charge in [-0.15, -0.1) is 0 Å². The van der Waals surface area contributed by atoms with Crippen molar-refractivity contribution < 1.29 is 24.5 Å². The van der Waals surface area contributed by atoms with Crippen molar-refractivity contribution in [3.63, 3.8) is 0 Å². The summed E-state index contributed by atoms with van der Waals surface area (Å²) in [6, 6.07) is 4.47.